The van der Waals surface area contributed by atoms with Crippen molar-refractivity contribution in [3.8, 4) is 0 Å². The standard InChI is InChI=1S/C17H23N3O2/c21-16-8-6-13-11-12(5-7-15(13)20-16)9-10-18-17(22)19-14-3-1-2-4-14/h5,7,11,14H,1-4,6,8-10H2,(H,20,21)(H2,18,19,22). The normalized spacial score (nSPS) is 17.7. The average Bonchev–Trinajstić information content (AvgIpc) is 3.00. The third kappa shape index (κ3) is 3.78. The van der Waals surface area contributed by atoms with Gasteiger partial charge in [-0.15, -0.1) is 0 Å². The Hall–Kier alpha value is -2.04. The molecule has 5 heteroatoms. The molecule has 1 aromatic rings. The first-order chi connectivity index (χ1) is 10.7. The minimum Gasteiger partial charge on any atom is -0.338 e. The summed E-state index contributed by atoms with van der Waals surface area (Å²) in [6.45, 7) is 0.629. The van der Waals surface area contributed by atoms with Crippen LogP contribution in [-0.2, 0) is 17.6 Å². The average molecular weight is 301 g/mol. The molecule has 0 unspecified atom stereocenters. The van der Waals surface area contributed by atoms with Crippen LogP contribution in [0.3, 0.4) is 0 Å². The molecule has 5 nitrogen and oxygen atoms in total. The first-order valence-corrected chi connectivity index (χ1v) is 8.17. The topological polar surface area (TPSA) is 70.2 Å². The van der Waals surface area contributed by atoms with Crippen molar-refractivity contribution in [3.05, 3.63) is 29.3 Å². The zero-order valence-corrected chi connectivity index (χ0v) is 12.8. The summed E-state index contributed by atoms with van der Waals surface area (Å²) in [5.41, 5.74) is 3.30. The first kappa shape index (κ1) is 14.9. The van der Waals surface area contributed by atoms with E-state index in [4.69, 9.17) is 0 Å². The third-order valence-corrected chi connectivity index (χ3v) is 4.45. The lowest BCUT2D eigenvalue weighted by Crippen LogP contribution is -2.41. The number of hydrogen-bond acceptors (Lipinski definition) is 2. The molecule has 1 heterocycles. The number of aryl methyl sites for hydroxylation is 1. The Morgan fingerprint density at radius 3 is 2.86 bits per heavy atom. The van der Waals surface area contributed by atoms with Gasteiger partial charge in [0.05, 0.1) is 0 Å². The number of urea groups is 1. The lowest BCUT2D eigenvalue weighted by Gasteiger charge is -2.18. The van der Waals surface area contributed by atoms with Crippen LogP contribution in [0.1, 0.15) is 43.2 Å². The van der Waals surface area contributed by atoms with E-state index in [0.717, 1.165) is 31.4 Å². The van der Waals surface area contributed by atoms with Crippen LogP contribution < -0.4 is 16.0 Å². The van der Waals surface area contributed by atoms with Crippen LogP contribution in [0.2, 0.25) is 0 Å². The Morgan fingerprint density at radius 1 is 1.23 bits per heavy atom. The smallest absolute Gasteiger partial charge is 0.315 e. The molecule has 3 amide bonds. The van der Waals surface area contributed by atoms with Gasteiger partial charge in [0.15, 0.2) is 0 Å². The molecule has 2 aliphatic rings. The number of nitrogens with one attached hydrogen (secondary N) is 3. The summed E-state index contributed by atoms with van der Waals surface area (Å²) in [4.78, 5) is 23.1. The highest BCUT2D eigenvalue weighted by atomic mass is 16.2. The van der Waals surface area contributed by atoms with Crippen LogP contribution >= 0.6 is 0 Å². The minimum atomic E-state index is -0.0582. The van der Waals surface area contributed by atoms with Crippen LogP contribution in [0.25, 0.3) is 0 Å². The number of rotatable bonds is 4. The van der Waals surface area contributed by atoms with Crippen LogP contribution in [0.15, 0.2) is 18.2 Å². The fraction of sp³-hybridized carbons (Fsp3) is 0.529. The van der Waals surface area contributed by atoms with Crippen molar-refractivity contribution in [2.45, 2.75) is 51.0 Å². The van der Waals surface area contributed by atoms with E-state index in [2.05, 4.69) is 22.0 Å². The van der Waals surface area contributed by atoms with Crippen molar-refractivity contribution in [1.82, 2.24) is 10.6 Å². The summed E-state index contributed by atoms with van der Waals surface area (Å²) >= 11 is 0. The second-order valence-electron chi connectivity index (χ2n) is 6.17. The van der Waals surface area contributed by atoms with E-state index in [0.29, 0.717) is 19.0 Å². The van der Waals surface area contributed by atoms with Crippen LogP contribution in [0.4, 0.5) is 10.5 Å². The van der Waals surface area contributed by atoms with Crippen molar-refractivity contribution in [2.75, 3.05) is 11.9 Å². The summed E-state index contributed by atoms with van der Waals surface area (Å²) in [5, 5.41) is 8.83. The lowest BCUT2D eigenvalue weighted by molar-refractivity contribution is -0.116. The number of anilines is 1. The molecule has 0 saturated heterocycles. The fourth-order valence-corrected chi connectivity index (χ4v) is 3.22. The predicted molar refractivity (Wildman–Crippen MR) is 85.9 cm³/mol. The van der Waals surface area contributed by atoms with Gasteiger partial charge in [-0.25, -0.2) is 4.79 Å². The van der Waals surface area contributed by atoms with Gasteiger partial charge in [0.2, 0.25) is 5.91 Å². The molecule has 0 atom stereocenters. The second-order valence-corrected chi connectivity index (χ2v) is 6.17. The lowest BCUT2D eigenvalue weighted by atomic mass is 9.99. The van der Waals surface area contributed by atoms with Gasteiger partial charge in [-0.3, -0.25) is 4.79 Å². The molecule has 3 N–H and O–H groups in total. The summed E-state index contributed by atoms with van der Waals surface area (Å²) in [6, 6.07) is 6.40. The molecule has 0 spiro atoms. The Bertz CT molecular complexity index is 565. The maximum Gasteiger partial charge on any atom is 0.315 e. The highest BCUT2D eigenvalue weighted by Gasteiger charge is 2.17. The van der Waals surface area contributed by atoms with E-state index in [9.17, 15) is 9.59 Å². The maximum atomic E-state index is 11.8. The van der Waals surface area contributed by atoms with Crippen molar-refractivity contribution >= 4 is 17.6 Å². The molecule has 22 heavy (non-hydrogen) atoms. The quantitative estimate of drug-likeness (QED) is 0.799. The van der Waals surface area contributed by atoms with Gasteiger partial charge < -0.3 is 16.0 Å². The fourth-order valence-electron chi connectivity index (χ4n) is 3.22. The molecule has 0 bridgehead atoms. The predicted octanol–water partition coefficient (Wildman–Crippen LogP) is 2.36. The molecule has 1 saturated carbocycles. The highest BCUT2D eigenvalue weighted by molar-refractivity contribution is 5.93. The molecule has 0 aromatic heterocycles. The minimum absolute atomic E-state index is 0.0582. The molecule has 3 rings (SSSR count). The zero-order chi connectivity index (χ0) is 15.4. The van der Waals surface area contributed by atoms with Gasteiger partial charge in [-0.05, 0) is 42.9 Å². The largest absolute Gasteiger partial charge is 0.338 e. The molecule has 1 aliphatic heterocycles. The van der Waals surface area contributed by atoms with Crippen LogP contribution in [0.5, 0.6) is 0 Å². The summed E-state index contributed by atoms with van der Waals surface area (Å²) in [5.74, 6) is 0.0884. The monoisotopic (exact) mass is 301 g/mol. The molecular weight excluding hydrogens is 278 g/mol. The van der Waals surface area contributed by atoms with Crippen LogP contribution in [-0.4, -0.2) is 24.5 Å². The van der Waals surface area contributed by atoms with E-state index >= 15 is 0 Å². The Morgan fingerprint density at radius 2 is 2.05 bits per heavy atom. The SMILES string of the molecule is O=C1CCc2cc(CCNC(=O)NC3CCCC3)ccc2N1. The summed E-state index contributed by atoms with van der Waals surface area (Å²) < 4.78 is 0. The summed E-state index contributed by atoms with van der Waals surface area (Å²) in [6.07, 6.45) is 6.80. The van der Waals surface area contributed by atoms with Gasteiger partial charge in [-0.1, -0.05) is 25.0 Å². The maximum absolute atomic E-state index is 11.8. The molecule has 1 fully saturated rings. The molecule has 1 aliphatic carbocycles. The molecular formula is C17H23N3O2. The van der Waals surface area contributed by atoms with Gasteiger partial charge in [-0.2, -0.15) is 0 Å². The van der Waals surface area contributed by atoms with E-state index in [-0.39, 0.29) is 11.9 Å². The zero-order valence-electron chi connectivity index (χ0n) is 12.8. The van der Waals surface area contributed by atoms with Gasteiger partial charge in [0, 0.05) is 24.7 Å². The van der Waals surface area contributed by atoms with Crippen molar-refractivity contribution in [3.63, 3.8) is 0 Å². The number of carbonyl (C=O) groups is 2. The molecule has 1 aromatic carbocycles. The number of hydrogen-bond donors (Lipinski definition) is 3. The molecule has 118 valence electrons. The Kier molecular flexibility index (Phi) is 4.61. The third-order valence-electron chi connectivity index (χ3n) is 4.45. The van der Waals surface area contributed by atoms with Crippen molar-refractivity contribution in [1.29, 1.82) is 0 Å². The Labute approximate surface area is 130 Å². The molecule has 0 radical (unpaired) electrons. The van der Waals surface area contributed by atoms with Crippen LogP contribution in [0, 0.1) is 0 Å². The van der Waals surface area contributed by atoms with Crippen molar-refractivity contribution < 1.29 is 9.59 Å². The number of carbonyl (C=O) groups excluding carboxylic acids is 2. The van der Waals surface area contributed by atoms with Gasteiger partial charge in [0.1, 0.15) is 0 Å². The summed E-state index contributed by atoms with van der Waals surface area (Å²) in [7, 11) is 0. The van der Waals surface area contributed by atoms with Gasteiger partial charge in [0.25, 0.3) is 0 Å². The number of benzene rings is 1. The van der Waals surface area contributed by atoms with E-state index in [1.165, 1.54) is 24.0 Å². The first-order valence-electron chi connectivity index (χ1n) is 8.17. The number of fused-ring (bicyclic) bond motifs is 1. The van der Waals surface area contributed by atoms with E-state index < -0.39 is 0 Å². The van der Waals surface area contributed by atoms with E-state index in [1.807, 2.05) is 12.1 Å². The number of amides is 3. The second kappa shape index (κ2) is 6.81. The van der Waals surface area contributed by atoms with E-state index in [1.54, 1.807) is 0 Å². The Balaban J connectivity index is 1.45. The van der Waals surface area contributed by atoms with Gasteiger partial charge >= 0.3 is 6.03 Å². The highest BCUT2D eigenvalue weighted by Crippen LogP contribution is 2.23. The van der Waals surface area contributed by atoms with Crippen molar-refractivity contribution in [2.24, 2.45) is 0 Å².